The van der Waals surface area contributed by atoms with Crippen LogP contribution < -0.4 is 10.1 Å². The first-order valence-electron chi connectivity index (χ1n) is 9.01. The smallest absolute Gasteiger partial charge is 0.251 e. The van der Waals surface area contributed by atoms with Gasteiger partial charge in [-0.2, -0.15) is 0 Å². The molecule has 1 fully saturated rings. The predicted molar refractivity (Wildman–Crippen MR) is 100 cm³/mol. The van der Waals surface area contributed by atoms with Crippen LogP contribution in [0.2, 0.25) is 0 Å². The van der Waals surface area contributed by atoms with Gasteiger partial charge in [-0.05, 0) is 36.2 Å². The SMILES string of the molecule is O=C(NCCCOc1ccccc1)c1ccc(CN2C(=O)CCC2=O)cc1. The van der Waals surface area contributed by atoms with Gasteiger partial charge in [0.05, 0.1) is 13.2 Å². The van der Waals surface area contributed by atoms with E-state index < -0.39 is 0 Å². The Morgan fingerprint density at radius 3 is 2.30 bits per heavy atom. The van der Waals surface area contributed by atoms with Crippen molar-refractivity contribution in [2.24, 2.45) is 0 Å². The summed E-state index contributed by atoms with van der Waals surface area (Å²) in [7, 11) is 0. The van der Waals surface area contributed by atoms with Crippen molar-refractivity contribution in [3.8, 4) is 5.75 Å². The molecular weight excluding hydrogens is 344 g/mol. The number of likely N-dealkylation sites (tertiary alicyclic amines) is 1. The van der Waals surface area contributed by atoms with Gasteiger partial charge in [0, 0.05) is 24.9 Å². The molecule has 1 saturated heterocycles. The van der Waals surface area contributed by atoms with Gasteiger partial charge in [-0.25, -0.2) is 0 Å². The first kappa shape index (κ1) is 18.6. The molecule has 6 nitrogen and oxygen atoms in total. The monoisotopic (exact) mass is 366 g/mol. The number of rotatable bonds is 8. The minimum Gasteiger partial charge on any atom is -0.494 e. The Bertz CT molecular complexity index is 787. The minimum absolute atomic E-state index is 0.139. The van der Waals surface area contributed by atoms with Crippen molar-refractivity contribution in [1.29, 1.82) is 0 Å². The summed E-state index contributed by atoms with van der Waals surface area (Å²) in [5.41, 5.74) is 1.37. The van der Waals surface area contributed by atoms with E-state index in [-0.39, 0.29) is 37.1 Å². The maximum absolute atomic E-state index is 12.2. The third kappa shape index (κ3) is 5.17. The first-order valence-corrected chi connectivity index (χ1v) is 9.01. The highest BCUT2D eigenvalue weighted by Gasteiger charge is 2.28. The standard InChI is InChI=1S/C21H22N2O4/c24-19-11-12-20(25)23(19)15-16-7-9-17(10-8-16)21(26)22-13-4-14-27-18-5-2-1-3-6-18/h1-3,5-10H,4,11-15H2,(H,22,26). The molecule has 3 rings (SSSR count). The molecule has 0 bridgehead atoms. The second-order valence-electron chi connectivity index (χ2n) is 6.34. The van der Waals surface area contributed by atoms with Crippen LogP contribution in [0.1, 0.15) is 35.2 Å². The molecule has 1 N–H and O–H groups in total. The molecule has 1 heterocycles. The zero-order valence-electron chi connectivity index (χ0n) is 15.0. The Morgan fingerprint density at radius 1 is 0.963 bits per heavy atom. The molecule has 1 aliphatic rings. The molecular formula is C21H22N2O4. The number of nitrogens with zero attached hydrogens (tertiary/aromatic N) is 1. The van der Waals surface area contributed by atoms with Gasteiger partial charge in [0.15, 0.2) is 0 Å². The topological polar surface area (TPSA) is 75.7 Å². The predicted octanol–water partition coefficient (Wildman–Crippen LogP) is 2.53. The van der Waals surface area contributed by atoms with Crippen LogP contribution in [0.5, 0.6) is 5.75 Å². The van der Waals surface area contributed by atoms with Crippen molar-refractivity contribution < 1.29 is 19.1 Å². The molecule has 0 atom stereocenters. The molecule has 1 aliphatic heterocycles. The molecule has 0 spiro atoms. The fourth-order valence-corrected chi connectivity index (χ4v) is 2.83. The van der Waals surface area contributed by atoms with E-state index in [1.165, 1.54) is 4.90 Å². The van der Waals surface area contributed by atoms with E-state index in [0.29, 0.717) is 25.1 Å². The van der Waals surface area contributed by atoms with Crippen LogP contribution in [-0.2, 0) is 16.1 Å². The van der Waals surface area contributed by atoms with Gasteiger partial charge in [0.1, 0.15) is 5.75 Å². The Morgan fingerprint density at radius 2 is 1.63 bits per heavy atom. The number of carbonyl (C=O) groups excluding carboxylic acids is 3. The van der Waals surface area contributed by atoms with Gasteiger partial charge in [0.25, 0.3) is 5.91 Å². The molecule has 6 heteroatoms. The van der Waals surface area contributed by atoms with Crippen LogP contribution in [-0.4, -0.2) is 35.8 Å². The number of ether oxygens (including phenoxy) is 1. The van der Waals surface area contributed by atoms with Crippen molar-refractivity contribution in [2.75, 3.05) is 13.2 Å². The number of carbonyl (C=O) groups is 3. The summed E-state index contributed by atoms with van der Waals surface area (Å²) in [6.45, 7) is 1.31. The van der Waals surface area contributed by atoms with Gasteiger partial charge in [-0.3, -0.25) is 19.3 Å². The lowest BCUT2D eigenvalue weighted by molar-refractivity contribution is -0.139. The van der Waals surface area contributed by atoms with Gasteiger partial charge >= 0.3 is 0 Å². The lowest BCUT2D eigenvalue weighted by atomic mass is 10.1. The fourth-order valence-electron chi connectivity index (χ4n) is 2.83. The van der Waals surface area contributed by atoms with Crippen LogP contribution in [0.15, 0.2) is 54.6 Å². The molecule has 3 amide bonds. The Kier molecular flexibility index (Phi) is 6.20. The summed E-state index contributed by atoms with van der Waals surface area (Å²) in [6, 6.07) is 16.5. The maximum atomic E-state index is 12.2. The quantitative estimate of drug-likeness (QED) is 0.575. The maximum Gasteiger partial charge on any atom is 0.251 e. The highest BCUT2D eigenvalue weighted by molar-refractivity contribution is 6.01. The second kappa shape index (κ2) is 8.98. The number of amides is 3. The van der Waals surface area contributed by atoms with E-state index in [4.69, 9.17) is 4.74 Å². The van der Waals surface area contributed by atoms with E-state index >= 15 is 0 Å². The summed E-state index contributed by atoms with van der Waals surface area (Å²) in [5, 5.41) is 2.85. The number of hydrogen-bond donors (Lipinski definition) is 1. The lowest BCUT2D eigenvalue weighted by Gasteiger charge is -2.14. The molecule has 2 aromatic rings. The second-order valence-corrected chi connectivity index (χ2v) is 6.34. The molecule has 0 radical (unpaired) electrons. The molecule has 0 unspecified atom stereocenters. The number of imide groups is 1. The molecule has 27 heavy (non-hydrogen) atoms. The molecule has 0 aliphatic carbocycles. The third-order valence-electron chi connectivity index (χ3n) is 4.33. The average molecular weight is 366 g/mol. The average Bonchev–Trinajstić information content (AvgIpc) is 3.01. The molecule has 0 saturated carbocycles. The van der Waals surface area contributed by atoms with Gasteiger partial charge < -0.3 is 10.1 Å². The van der Waals surface area contributed by atoms with Gasteiger partial charge in [-0.1, -0.05) is 30.3 Å². The van der Waals surface area contributed by atoms with Crippen LogP contribution in [0, 0.1) is 0 Å². The summed E-state index contributed by atoms with van der Waals surface area (Å²) >= 11 is 0. The Labute approximate surface area is 158 Å². The molecule has 140 valence electrons. The normalized spacial score (nSPS) is 13.7. The van der Waals surface area contributed by atoms with E-state index in [9.17, 15) is 14.4 Å². The van der Waals surface area contributed by atoms with Crippen LogP contribution in [0.25, 0.3) is 0 Å². The number of para-hydroxylation sites is 1. The Balaban J connectivity index is 1.41. The van der Waals surface area contributed by atoms with Crippen molar-refractivity contribution >= 4 is 17.7 Å². The summed E-state index contributed by atoms with van der Waals surface area (Å²) < 4.78 is 5.58. The zero-order chi connectivity index (χ0) is 19.1. The summed E-state index contributed by atoms with van der Waals surface area (Å²) in [5.74, 6) is 0.378. The largest absolute Gasteiger partial charge is 0.494 e. The van der Waals surface area contributed by atoms with Crippen LogP contribution in [0.3, 0.4) is 0 Å². The van der Waals surface area contributed by atoms with Gasteiger partial charge in [0.2, 0.25) is 11.8 Å². The highest BCUT2D eigenvalue weighted by Crippen LogP contribution is 2.16. The first-order chi connectivity index (χ1) is 13.1. The van der Waals surface area contributed by atoms with E-state index in [0.717, 1.165) is 11.3 Å². The molecule has 2 aromatic carbocycles. The van der Waals surface area contributed by atoms with Crippen molar-refractivity contribution in [3.05, 3.63) is 65.7 Å². The zero-order valence-corrected chi connectivity index (χ0v) is 15.0. The third-order valence-corrected chi connectivity index (χ3v) is 4.33. The number of benzene rings is 2. The number of hydrogen-bond acceptors (Lipinski definition) is 4. The van der Waals surface area contributed by atoms with Gasteiger partial charge in [-0.15, -0.1) is 0 Å². The van der Waals surface area contributed by atoms with Crippen molar-refractivity contribution in [1.82, 2.24) is 10.2 Å². The van der Waals surface area contributed by atoms with E-state index in [1.54, 1.807) is 24.3 Å². The van der Waals surface area contributed by atoms with Crippen LogP contribution in [0.4, 0.5) is 0 Å². The highest BCUT2D eigenvalue weighted by atomic mass is 16.5. The fraction of sp³-hybridized carbons (Fsp3) is 0.286. The Hall–Kier alpha value is -3.15. The van der Waals surface area contributed by atoms with E-state index in [2.05, 4.69) is 5.32 Å². The summed E-state index contributed by atoms with van der Waals surface area (Å²) in [6.07, 6.45) is 1.28. The van der Waals surface area contributed by atoms with E-state index in [1.807, 2.05) is 30.3 Å². The lowest BCUT2D eigenvalue weighted by Crippen LogP contribution is -2.28. The minimum atomic E-state index is -0.158. The van der Waals surface area contributed by atoms with Crippen molar-refractivity contribution in [3.63, 3.8) is 0 Å². The van der Waals surface area contributed by atoms with Crippen LogP contribution >= 0.6 is 0 Å². The molecule has 0 aromatic heterocycles. The number of nitrogens with one attached hydrogen (secondary N) is 1. The van der Waals surface area contributed by atoms with Crippen molar-refractivity contribution in [2.45, 2.75) is 25.8 Å². The summed E-state index contributed by atoms with van der Waals surface area (Å²) in [4.78, 5) is 36.7.